The lowest BCUT2D eigenvalue weighted by Gasteiger charge is -2.51. The molecule has 1 aromatic heterocycles. The molecule has 0 radical (unpaired) electrons. The number of hydrogen-bond acceptors (Lipinski definition) is 3. The highest BCUT2D eigenvalue weighted by molar-refractivity contribution is 5.94. The van der Waals surface area contributed by atoms with Gasteiger partial charge < -0.3 is 4.90 Å². The minimum absolute atomic E-state index is 0.118. The van der Waals surface area contributed by atoms with Crippen LogP contribution in [0.2, 0.25) is 0 Å². The molecule has 3 heterocycles. The fourth-order valence-electron chi connectivity index (χ4n) is 4.02. The van der Waals surface area contributed by atoms with Gasteiger partial charge in [-0.3, -0.25) is 14.7 Å². The largest absolute Gasteiger partial charge is 0.334 e. The number of amides is 1. The Balaban J connectivity index is 1.90. The predicted molar refractivity (Wildman–Crippen MR) is 83.2 cm³/mol. The van der Waals surface area contributed by atoms with Crippen LogP contribution in [0.15, 0.2) is 24.5 Å². The summed E-state index contributed by atoms with van der Waals surface area (Å²) in [6.07, 6.45) is 9.24. The molecule has 0 N–H and O–H groups in total. The van der Waals surface area contributed by atoms with E-state index in [2.05, 4.69) is 28.8 Å². The number of rotatable bonds is 1. The lowest BCUT2D eigenvalue weighted by atomic mass is 9.80. The van der Waals surface area contributed by atoms with Gasteiger partial charge in [0.05, 0.1) is 11.6 Å². The third-order valence-electron chi connectivity index (χ3n) is 5.44. The number of hydrogen-bond donors (Lipinski definition) is 0. The van der Waals surface area contributed by atoms with Crippen molar-refractivity contribution >= 4 is 5.91 Å². The molecule has 0 bridgehead atoms. The molecule has 21 heavy (non-hydrogen) atoms. The normalized spacial score (nSPS) is 30.6. The number of carbonyl (C=O) groups excluding carboxylic acids is 1. The zero-order valence-corrected chi connectivity index (χ0v) is 13.1. The maximum absolute atomic E-state index is 12.9. The van der Waals surface area contributed by atoms with Gasteiger partial charge in [-0.2, -0.15) is 0 Å². The van der Waals surface area contributed by atoms with Crippen molar-refractivity contribution in [3.05, 3.63) is 30.1 Å². The molecule has 1 aromatic rings. The molecule has 4 nitrogen and oxygen atoms in total. The predicted octanol–water partition coefficient (Wildman–Crippen LogP) is 2.56. The number of piperidine rings is 1. The van der Waals surface area contributed by atoms with Crippen LogP contribution in [0.5, 0.6) is 0 Å². The minimum Gasteiger partial charge on any atom is -0.334 e. The van der Waals surface area contributed by atoms with Crippen LogP contribution < -0.4 is 0 Å². The molecule has 114 valence electrons. The first-order valence-corrected chi connectivity index (χ1v) is 8.05. The van der Waals surface area contributed by atoms with Crippen LogP contribution in [0.25, 0.3) is 0 Å². The molecule has 0 saturated carbocycles. The average molecular weight is 287 g/mol. The SMILES string of the molecule is CN1CCCC[C@@H]2N(C(=O)c3cccnc3)CCC[C@@]21C. The summed E-state index contributed by atoms with van der Waals surface area (Å²) in [6, 6.07) is 4.04. The van der Waals surface area contributed by atoms with Gasteiger partial charge in [0, 0.05) is 24.5 Å². The van der Waals surface area contributed by atoms with Crippen molar-refractivity contribution in [3.63, 3.8) is 0 Å². The topological polar surface area (TPSA) is 36.4 Å². The summed E-state index contributed by atoms with van der Waals surface area (Å²) in [5.41, 5.74) is 0.834. The zero-order valence-electron chi connectivity index (χ0n) is 13.1. The second-order valence-corrected chi connectivity index (χ2v) is 6.63. The van der Waals surface area contributed by atoms with E-state index in [0.29, 0.717) is 11.6 Å². The number of aromatic nitrogens is 1. The first-order chi connectivity index (χ1) is 10.1. The number of pyridine rings is 1. The monoisotopic (exact) mass is 287 g/mol. The smallest absolute Gasteiger partial charge is 0.255 e. The van der Waals surface area contributed by atoms with E-state index in [-0.39, 0.29) is 11.4 Å². The Morgan fingerprint density at radius 1 is 1.33 bits per heavy atom. The molecular formula is C17H25N3O. The number of likely N-dealkylation sites (tertiary alicyclic amines) is 2. The highest BCUT2D eigenvalue weighted by Gasteiger charge is 2.46. The Kier molecular flexibility index (Phi) is 3.98. The van der Waals surface area contributed by atoms with E-state index in [1.807, 2.05) is 12.1 Å². The van der Waals surface area contributed by atoms with E-state index in [1.165, 1.54) is 19.3 Å². The standard InChI is InChI=1S/C17H25N3O/c1-17-9-6-12-20(15(17)8-3-4-11-19(17)2)16(21)14-7-5-10-18-13-14/h5,7,10,13,15H,3-4,6,8-9,11-12H2,1-2H3/t15-,17-/m0/s1. The molecule has 2 fully saturated rings. The van der Waals surface area contributed by atoms with Crippen molar-refractivity contribution in [1.82, 2.24) is 14.8 Å². The van der Waals surface area contributed by atoms with Gasteiger partial charge in [0.1, 0.15) is 0 Å². The molecular weight excluding hydrogens is 262 g/mol. The van der Waals surface area contributed by atoms with E-state index < -0.39 is 0 Å². The molecule has 2 aliphatic heterocycles. The lowest BCUT2D eigenvalue weighted by Crippen LogP contribution is -2.63. The van der Waals surface area contributed by atoms with Gasteiger partial charge in [-0.15, -0.1) is 0 Å². The number of likely N-dealkylation sites (N-methyl/N-ethyl adjacent to an activating group) is 1. The second kappa shape index (κ2) is 5.76. The molecule has 2 atom stereocenters. The second-order valence-electron chi connectivity index (χ2n) is 6.63. The van der Waals surface area contributed by atoms with Crippen molar-refractivity contribution < 1.29 is 4.79 Å². The fourth-order valence-corrected chi connectivity index (χ4v) is 4.02. The van der Waals surface area contributed by atoms with Gasteiger partial charge in [0.2, 0.25) is 0 Å². The molecule has 2 aliphatic rings. The first kappa shape index (κ1) is 14.5. The van der Waals surface area contributed by atoms with Crippen molar-refractivity contribution in [1.29, 1.82) is 0 Å². The Bertz CT molecular complexity index is 504. The van der Waals surface area contributed by atoms with E-state index in [9.17, 15) is 4.79 Å². The third-order valence-corrected chi connectivity index (χ3v) is 5.44. The molecule has 4 heteroatoms. The van der Waals surface area contributed by atoms with Crippen LogP contribution in [0.1, 0.15) is 49.4 Å². The van der Waals surface area contributed by atoms with Gasteiger partial charge in [-0.1, -0.05) is 6.42 Å². The van der Waals surface area contributed by atoms with Crippen molar-refractivity contribution in [3.8, 4) is 0 Å². The van der Waals surface area contributed by atoms with E-state index >= 15 is 0 Å². The van der Waals surface area contributed by atoms with E-state index in [0.717, 1.165) is 25.9 Å². The van der Waals surface area contributed by atoms with Crippen LogP contribution in [-0.4, -0.2) is 52.4 Å². The number of nitrogens with zero attached hydrogens (tertiary/aromatic N) is 3. The Hall–Kier alpha value is -1.42. The maximum atomic E-state index is 12.9. The van der Waals surface area contributed by atoms with Gasteiger partial charge >= 0.3 is 0 Å². The summed E-state index contributed by atoms with van der Waals surface area (Å²) in [5.74, 6) is 0.148. The van der Waals surface area contributed by atoms with Gasteiger partial charge in [0.25, 0.3) is 5.91 Å². The number of fused-ring (bicyclic) bond motifs is 1. The summed E-state index contributed by atoms with van der Waals surface area (Å²) in [7, 11) is 2.22. The summed E-state index contributed by atoms with van der Waals surface area (Å²) >= 11 is 0. The Morgan fingerprint density at radius 3 is 2.95 bits per heavy atom. The van der Waals surface area contributed by atoms with Gasteiger partial charge in [0.15, 0.2) is 0 Å². The molecule has 0 unspecified atom stereocenters. The Morgan fingerprint density at radius 2 is 2.19 bits per heavy atom. The molecule has 2 saturated heterocycles. The Labute approximate surface area is 127 Å². The van der Waals surface area contributed by atoms with Crippen molar-refractivity contribution in [2.24, 2.45) is 0 Å². The molecule has 3 rings (SSSR count). The summed E-state index contributed by atoms with van der Waals surface area (Å²) in [4.78, 5) is 21.6. The van der Waals surface area contributed by atoms with Crippen LogP contribution in [0, 0.1) is 0 Å². The zero-order chi connectivity index (χ0) is 14.9. The van der Waals surface area contributed by atoms with Crippen LogP contribution in [-0.2, 0) is 0 Å². The summed E-state index contributed by atoms with van der Waals surface area (Å²) in [5, 5.41) is 0. The molecule has 1 amide bonds. The van der Waals surface area contributed by atoms with Crippen molar-refractivity contribution in [2.75, 3.05) is 20.1 Å². The maximum Gasteiger partial charge on any atom is 0.255 e. The van der Waals surface area contributed by atoms with Crippen LogP contribution in [0.3, 0.4) is 0 Å². The summed E-state index contributed by atoms with van der Waals surface area (Å²) < 4.78 is 0. The first-order valence-electron chi connectivity index (χ1n) is 8.05. The summed E-state index contributed by atoms with van der Waals surface area (Å²) in [6.45, 7) is 4.36. The minimum atomic E-state index is 0.118. The van der Waals surface area contributed by atoms with E-state index in [4.69, 9.17) is 0 Å². The highest BCUT2D eigenvalue weighted by atomic mass is 16.2. The van der Waals surface area contributed by atoms with Gasteiger partial charge in [-0.25, -0.2) is 0 Å². The number of carbonyl (C=O) groups is 1. The van der Waals surface area contributed by atoms with Crippen molar-refractivity contribution in [2.45, 2.75) is 50.6 Å². The molecule has 0 aliphatic carbocycles. The fraction of sp³-hybridized carbons (Fsp3) is 0.647. The quantitative estimate of drug-likeness (QED) is 0.796. The third kappa shape index (κ3) is 2.57. The lowest BCUT2D eigenvalue weighted by molar-refractivity contribution is -0.00338. The van der Waals surface area contributed by atoms with Crippen LogP contribution >= 0.6 is 0 Å². The average Bonchev–Trinajstić information content (AvgIpc) is 2.66. The van der Waals surface area contributed by atoms with Crippen LogP contribution in [0.4, 0.5) is 0 Å². The highest BCUT2D eigenvalue weighted by Crippen LogP contribution is 2.37. The molecule has 0 spiro atoms. The molecule has 0 aromatic carbocycles. The van der Waals surface area contributed by atoms with Gasteiger partial charge in [-0.05, 0) is 58.3 Å². The van der Waals surface area contributed by atoms with E-state index in [1.54, 1.807) is 12.4 Å².